The minimum Gasteiger partial charge on any atom is -0.480 e. The molecule has 4 atom stereocenters. The van der Waals surface area contributed by atoms with Gasteiger partial charge in [-0.3, -0.25) is 24.2 Å². The van der Waals surface area contributed by atoms with Crippen LogP contribution in [0.2, 0.25) is 0 Å². The second kappa shape index (κ2) is 15.7. The zero-order valence-corrected chi connectivity index (χ0v) is 20.7. The van der Waals surface area contributed by atoms with E-state index in [9.17, 15) is 29.1 Å². The standard InChI is InChI=1S/C23H36N8O6/c1-13(19(33)31-17(22(36)37)12-14-6-3-2-4-7-14)29-21(35)16(8-5-11-28-23(26)27)30-20(34)15(24)9-10-18(25)32/h2-4,6-7,13,15-17H,5,8-12,24H2,1H3,(H2,25,32)(H,29,35)(H,30,34)(H,31,33)(H,36,37)(H4,26,27,28)/t13-,15-,16-,17-/m0/s1. The number of benzene rings is 1. The Kier molecular flexibility index (Phi) is 13.1. The Morgan fingerprint density at radius 3 is 2.08 bits per heavy atom. The van der Waals surface area contributed by atoms with Gasteiger partial charge in [0, 0.05) is 19.4 Å². The van der Waals surface area contributed by atoms with Crippen molar-refractivity contribution in [3.8, 4) is 0 Å². The molecule has 0 aromatic heterocycles. The molecule has 0 spiro atoms. The maximum absolute atomic E-state index is 12.9. The summed E-state index contributed by atoms with van der Waals surface area (Å²) < 4.78 is 0. The summed E-state index contributed by atoms with van der Waals surface area (Å²) in [6, 6.07) is 4.23. The largest absolute Gasteiger partial charge is 0.480 e. The van der Waals surface area contributed by atoms with Gasteiger partial charge in [0.05, 0.1) is 6.04 Å². The van der Waals surface area contributed by atoms with Crippen LogP contribution in [0.1, 0.15) is 38.2 Å². The molecule has 0 heterocycles. The first-order chi connectivity index (χ1) is 17.4. The molecule has 14 nitrogen and oxygen atoms in total. The quantitative estimate of drug-likeness (QED) is 0.0646. The second-order valence-corrected chi connectivity index (χ2v) is 8.44. The molecule has 204 valence electrons. The number of carbonyl (C=O) groups excluding carboxylic acids is 4. The molecule has 0 unspecified atom stereocenters. The Bertz CT molecular complexity index is 967. The zero-order valence-electron chi connectivity index (χ0n) is 20.7. The Labute approximate surface area is 214 Å². The number of carbonyl (C=O) groups is 5. The van der Waals surface area contributed by atoms with Gasteiger partial charge in [0.1, 0.15) is 18.1 Å². The molecule has 0 saturated heterocycles. The molecule has 14 heteroatoms. The van der Waals surface area contributed by atoms with Crippen molar-refractivity contribution in [1.82, 2.24) is 16.0 Å². The Balaban J connectivity index is 2.82. The van der Waals surface area contributed by atoms with Gasteiger partial charge in [-0.05, 0) is 31.7 Å². The number of primary amides is 1. The summed E-state index contributed by atoms with van der Waals surface area (Å²) >= 11 is 0. The number of carboxylic acid groups (broad SMARTS) is 1. The maximum Gasteiger partial charge on any atom is 0.326 e. The number of nitrogens with zero attached hydrogens (tertiary/aromatic N) is 1. The van der Waals surface area contributed by atoms with Crippen molar-refractivity contribution in [1.29, 1.82) is 0 Å². The van der Waals surface area contributed by atoms with E-state index in [1.165, 1.54) is 6.92 Å². The number of nitrogens with one attached hydrogen (secondary N) is 3. The number of carboxylic acids is 1. The van der Waals surface area contributed by atoms with Crippen LogP contribution in [-0.4, -0.2) is 71.4 Å². The van der Waals surface area contributed by atoms with Crippen molar-refractivity contribution >= 4 is 35.6 Å². The molecule has 0 radical (unpaired) electrons. The predicted octanol–water partition coefficient (Wildman–Crippen LogP) is -2.57. The molecule has 0 fully saturated rings. The number of rotatable bonds is 16. The summed E-state index contributed by atoms with van der Waals surface area (Å²) in [5.41, 5.74) is 22.2. The fraction of sp³-hybridized carbons (Fsp3) is 0.478. The van der Waals surface area contributed by atoms with E-state index in [2.05, 4.69) is 20.9 Å². The first kappa shape index (κ1) is 30.8. The Morgan fingerprint density at radius 1 is 0.892 bits per heavy atom. The monoisotopic (exact) mass is 520 g/mol. The smallest absolute Gasteiger partial charge is 0.326 e. The van der Waals surface area contributed by atoms with E-state index in [0.29, 0.717) is 12.0 Å². The molecular weight excluding hydrogens is 484 g/mol. The minimum absolute atomic E-state index is 0.0136. The SMILES string of the molecule is C[C@H](NC(=O)[C@H](CCCN=C(N)N)NC(=O)[C@@H](N)CCC(N)=O)C(=O)N[C@@H](Cc1ccccc1)C(=O)O. The van der Waals surface area contributed by atoms with Gasteiger partial charge in [-0.15, -0.1) is 0 Å². The number of nitrogens with two attached hydrogens (primary N) is 4. The number of aliphatic carboxylic acids is 1. The topological polar surface area (TPSA) is 258 Å². The van der Waals surface area contributed by atoms with Crippen molar-refractivity contribution < 1.29 is 29.1 Å². The van der Waals surface area contributed by atoms with Gasteiger partial charge >= 0.3 is 5.97 Å². The molecule has 0 aliphatic rings. The molecular formula is C23H36N8O6. The van der Waals surface area contributed by atoms with Crippen molar-refractivity contribution in [3.05, 3.63) is 35.9 Å². The van der Waals surface area contributed by atoms with Crippen LogP contribution < -0.4 is 38.9 Å². The maximum atomic E-state index is 12.9. The summed E-state index contributed by atoms with van der Waals surface area (Å²) in [7, 11) is 0. The summed E-state index contributed by atoms with van der Waals surface area (Å²) in [5, 5.41) is 16.9. The summed E-state index contributed by atoms with van der Waals surface area (Å²) in [6.45, 7) is 1.57. The third-order valence-corrected chi connectivity index (χ3v) is 5.27. The molecule has 37 heavy (non-hydrogen) atoms. The molecule has 1 rings (SSSR count). The van der Waals surface area contributed by atoms with Crippen LogP contribution in [0, 0.1) is 0 Å². The number of amides is 4. The highest BCUT2D eigenvalue weighted by atomic mass is 16.4. The Morgan fingerprint density at radius 2 is 1.51 bits per heavy atom. The average Bonchev–Trinajstić information content (AvgIpc) is 2.83. The zero-order chi connectivity index (χ0) is 28.0. The van der Waals surface area contributed by atoms with Gasteiger partial charge in [0.25, 0.3) is 0 Å². The first-order valence-electron chi connectivity index (χ1n) is 11.7. The van der Waals surface area contributed by atoms with Crippen LogP contribution in [0.15, 0.2) is 35.3 Å². The molecule has 1 aromatic carbocycles. The molecule has 0 bridgehead atoms. The third kappa shape index (κ3) is 12.4. The number of aliphatic imine (C=N–C) groups is 1. The lowest BCUT2D eigenvalue weighted by Crippen LogP contribution is -2.56. The van der Waals surface area contributed by atoms with Crippen LogP contribution in [0.25, 0.3) is 0 Å². The fourth-order valence-electron chi connectivity index (χ4n) is 3.21. The van der Waals surface area contributed by atoms with Gasteiger partial charge in [-0.25, -0.2) is 4.79 Å². The van der Waals surface area contributed by atoms with Gasteiger partial charge in [-0.2, -0.15) is 0 Å². The van der Waals surface area contributed by atoms with Crippen molar-refractivity contribution in [2.75, 3.05) is 6.54 Å². The Hall–Kier alpha value is -4.20. The van der Waals surface area contributed by atoms with E-state index in [1.54, 1.807) is 30.3 Å². The fourth-order valence-corrected chi connectivity index (χ4v) is 3.21. The highest BCUT2D eigenvalue weighted by molar-refractivity contribution is 5.94. The van der Waals surface area contributed by atoms with Gasteiger partial charge in [0.2, 0.25) is 23.6 Å². The van der Waals surface area contributed by atoms with Gasteiger partial charge < -0.3 is 44.0 Å². The lowest BCUT2D eigenvalue weighted by atomic mass is 10.1. The molecule has 12 N–H and O–H groups in total. The number of guanidine groups is 1. The molecule has 0 aliphatic heterocycles. The van der Waals surface area contributed by atoms with Crippen LogP contribution in [0.3, 0.4) is 0 Å². The van der Waals surface area contributed by atoms with E-state index in [0.717, 1.165) is 0 Å². The second-order valence-electron chi connectivity index (χ2n) is 8.44. The van der Waals surface area contributed by atoms with Crippen LogP contribution in [0.4, 0.5) is 0 Å². The average molecular weight is 521 g/mol. The molecule has 0 saturated carbocycles. The van der Waals surface area contributed by atoms with Crippen LogP contribution in [0.5, 0.6) is 0 Å². The summed E-state index contributed by atoms with van der Waals surface area (Å²) in [4.78, 5) is 64.4. The summed E-state index contributed by atoms with van der Waals surface area (Å²) in [6.07, 6.45) is 0.346. The van der Waals surface area contributed by atoms with E-state index < -0.39 is 53.8 Å². The van der Waals surface area contributed by atoms with Crippen molar-refractivity contribution in [3.63, 3.8) is 0 Å². The van der Waals surface area contributed by atoms with Gasteiger partial charge in [0.15, 0.2) is 5.96 Å². The number of hydrogen-bond donors (Lipinski definition) is 8. The highest BCUT2D eigenvalue weighted by Crippen LogP contribution is 2.05. The normalized spacial score (nSPS) is 13.8. The minimum atomic E-state index is -1.23. The molecule has 4 amide bonds. The van der Waals surface area contributed by atoms with E-state index >= 15 is 0 Å². The van der Waals surface area contributed by atoms with Crippen molar-refractivity contribution in [2.45, 2.75) is 63.2 Å². The summed E-state index contributed by atoms with van der Waals surface area (Å²) in [5.74, 6) is -4.09. The van der Waals surface area contributed by atoms with Crippen LogP contribution in [-0.2, 0) is 30.4 Å². The lowest BCUT2D eigenvalue weighted by molar-refractivity contribution is -0.142. The van der Waals surface area contributed by atoms with Crippen LogP contribution >= 0.6 is 0 Å². The molecule has 1 aromatic rings. The lowest BCUT2D eigenvalue weighted by Gasteiger charge is -2.23. The van der Waals surface area contributed by atoms with E-state index in [4.69, 9.17) is 22.9 Å². The highest BCUT2D eigenvalue weighted by Gasteiger charge is 2.28. The first-order valence-corrected chi connectivity index (χ1v) is 11.7. The molecule has 0 aliphatic carbocycles. The van der Waals surface area contributed by atoms with Crippen molar-refractivity contribution in [2.24, 2.45) is 27.9 Å². The number of hydrogen-bond acceptors (Lipinski definition) is 7. The van der Waals surface area contributed by atoms with E-state index in [1.807, 2.05) is 0 Å². The predicted molar refractivity (Wildman–Crippen MR) is 136 cm³/mol. The van der Waals surface area contributed by atoms with E-state index in [-0.39, 0.29) is 38.2 Å². The third-order valence-electron chi connectivity index (χ3n) is 5.27. The van der Waals surface area contributed by atoms with Gasteiger partial charge in [-0.1, -0.05) is 30.3 Å².